The summed E-state index contributed by atoms with van der Waals surface area (Å²) in [5.74, 6) is 0.852. The second-order valence-corrected chi connectivity index (χ2v) is 12.1. The highest BCUT2D eigenvalue weighted by Crippen LogP contribution is 2.64. The van der Waals surface area contributed by atoms with Gasteiger partial charge in [0, 0.05) is 5.41 Å². The number of hydrogen-bond acceptors (Lipinski definition) is 8. The first-order valence-corrected chi connectivity index (χ1v) is 12.9. The van der Waals surface area contributed by atoms with Crippen LogP contribution in [0.2, 0.25) is 0 Å². The third kappa shape index (κ3) is 4.39. The van der Waals surface area contributed by atoms with Crippen molar-refractivity contribution < 1.29 is 40.1 Å². The molecule has 34 heavy (non-hydrogen) atoms. The molecular formula is C26H44O8. The number of aliphatic hydroxyl groups is 6. The molecule has 6 N–H and O–H groups in total. The highest BCUT2D eigenvalue weighted by molar-refractivity contribution is 5.25. The third-order valence-corrected chi connectivity index (χ3v) is 9.91. The van der Waals surface area contributed by atoms with Gasteiger partial charge >= 0.3 is 0 Å². The van der Waals surface area contributed by atoms with Crippen LogP contribution < -0.4 is 0 Å². The van der Waals surface area contributed by atoms with Crippen molar-refractivity contribution in [1.82, 2.24) is 0 Å². The topological polar surface area (TPSA) is 140 Å². The second-order valence-electron chi connectivity index (χ2n) is 12.1. The van der Waals surface area contributed by atoms with E-state index < -0.39 is 43.4 Å². The third-order valence-electron chi connectivity index (χ3n) is 9.91. The molecule has 196 valence electrons. The van der Waals surface area contributed by atoms with Gasteiger partial charge in [-0.3, -0.25) is 0 Å². The Morgan fingerprint density at radius 1 is 1.03 bits per heavy atom. The molecule has 4 rings (SSSR count). The Hall–Kier alpha value is -0.580. The van der Waals surface area contributed by atoms with Gasteiger partial charge in [0.1, 0.15) is 24.4 Å². The molecule has 1 saturated heterocycles. The van der Waals surface area contributed by atoms with Crippen molar-refractivity contribution in [2.24, 2.45) is 28.1 Å². The molecule has 0 radical (unpaired) electrons. The van der Waals surface area contributed by atoms with Crippen LogP contribution in [-0.4, -0.2) is 87.3 Å². The summed E-state index contributed by atoms with van der Waals surface area (Å²) in [7, 11) is 0. The van der Waals surface area contributed by atoms with Crippen molar-refractivity contribution in [3.63, 3.8) is 0 Å². The summed E-state index contributed by atoms with van der Waals surface area (Å²) in [4.78, 5) is 0. The number of ether oxygens (including phenoxy) is 2. The molecule has 1 heterocycles. The fraction of sp³-hybridized carbons (Fsp3) is 0.923. The van der Waals surface area contributed by atoms with Gasteiger partial charge in [-0.15, -0.1) is 0 Å². The summed E-state index contributed by atoms with van der Waals surface area (Å²) in [6.45, 7) is 6.36. The van der Waals surface area contributed by atoms with Crippen LogP contribution in [0.4, 0.5) is 0 Å². The first-order valence-electron chi connectivity index (χ1n) is 12.9. The van der Waals surface area contributed by atoms with E-state index in [4.69, 9.17) is 9.47 Å². The van der Waals surface area contributed by atoms with Gasteiger partial charge in [-0.05, 0) is 61.2 Å². The number of fused-ring (bicyclic) bond motifs is 3. The summed E-state index contributed by atoms with van der Waals surface area (Å²) in [5.41, 5.74) is 0.997. The fourth-order valence-corrected chi connectivity index (χ4v) is 7.78. The first-order chi connectivity index (χ1) is 16.0. The lowest BCUT2D eigenvalue weighted by Crippen LogP contribution is -2.60. The van der Waals surface area contributed by atoms with Gasteiger partial charge in [0.15, 0.2) is 6.29 Å². The Kier molecular flexibility index (Phi) is 7.56. The normalized spacial score (nSPS) is 50.1. The van der Waals surface area contributed by atoms with Crippen LogP contribution in [0.3, 0.4) is 0 Å². The van der Waals surface area contributed by atoms with E-state index in [2.05, 4.69) is 19.9 Å². The van der Waals surface area contributed by atoms with Crippen molar-refractivity contribution in [3.05, 3.63) is 11.6 Å². The Morgan fingerprint density at radius 2 is 1.76 bits per heavy atom. The minimum absolute atomic E-state index is 0.0985. The van der Waals surface area contributed by atoms with E-state index in [1.54, 1.807) is 0 Å². The smallest absolute Gasteiger partial charge is 0.186 e. The molecule has 8 heteroatoms. The van der Waals surface area contributed by atoms with Crippen molar-refractivity contribution in [2.75, 3.05) is 19.8 Å². The van der Waals surface area contributed by atoms with Crippen molar-refractivity contribution >= 4 is 0 Å². The lowest BCUT2D eigenvalue weighted by atomic mass is 9.45. The maximum atomic E-state index is 10.4. The second kappa shape index (κ2) is 9.71. The molecule has 8 nitrogen and oxygen atoms in total. The van der Waals surface area contributed by atoms with Gasteiger partial charge < -0.3 is 40.1 Å². The molecule has 0 aromatic rings. The van der Waals surface area contributed by atoms with Crippen molar-refractivity contribution in [1.29, 1.82) is 0 Å². The van der Waals surface area contributed by atoms with Gasteiger partial charge in [-0.1, -0.05) is 38.8 Å². The van der Waals surface area contributed by atoms with Crippen LogP contribution in [0.25, 0.3) is 0 Å². The summed E-state index contributed by atoms with van der Waals surface area (Å²) >= 11 is 0. The molecular weight excluding hydrogens is 440 g/mol. The SMILES string of the molecule is C[C@@]1(CO[C@@H]2O[C@H](CO)[C@@H](O)[C@H](O)[C@H]2O)CCC[C@@]2(C)[C@@H]3CC[C@](C)(C(O)CO)C=C3CC[C@H]12. The largest absolute Gasteiger partial charge is 0.394 e. The van der Waals surface area contributed by atoms with Crippen LogP contribution in [-0.2, 0) is 9.47 Å². The van der Waals surface area contributed by atoms with E-state index in [1.807, 2.05) is 6.92 Å². The van der Waals surface area contributed by atoms with E-state index in [-0.39, 0.29) is 22.9 Å². The van der Waals surface area contributed by atoms with E-state index >= 15 is 0 Å². The minimum Gasteiger partial charge on any atom is -0.394 e. The Balaban J connectivity index is 1.50. The number of allylic oxidation sites excluding steroid dienone is 1. The maximum Gasteiger partial charge on any atom is 0.186 e. The molecule has 4 aliphatic rings. The maximum absolute atomic E-state index is 10.4. The van der Waals surface area contributed by atoms with Crippen LogP contribution in [0.15, 0.2) is 11.6 Å². The van der Waals surface area contributed by atoms with Crippen molar-refractivity contribution in [2.45, 2.75) is 103 Å². The van der Waals surface area contributed by atoms with Gasteiger partial charge in [0.25, 0.3) is 0 Å². The number of rotatable bonds is 6. The average Bonchev–Trinajstić information content (AvgIpc) is 2.81. The van der Waals surface area contributed by atoms with Crippen molar-refractivity contribution in [3.8, 4) is 0 Å². The molecule has 11 atom stereocenters. The zero-order chi connectivity index (χ0) is 24.9. The number of aliphatic hydroxyl groups excluding tert-OH is 6. The summed E-state index contributed by atoms with van der Waals surface area (Å²) in [6, 6.07) is 0. The predicted molar refractivity (Wildman–Crippen MR) is 125 cm³/mol. The zero-order valence-corrected chi connectivity index (χ0v) is 20.8. The van der Waals surface area contributed by atoms with Crippen LogP contribution in [0.5, 0.6) is 0 Å². The van der Waals surface area contributed by atoms with Crippen LogP contribution in [0, 0.1) is 28.1 Å². The monoisotopic (exact) mass is 484 g/mol. The van der Waals surface area contributed by atoms with Crippen LogP contribution >= 0.6 is 0 Å². The first kappa shape index (κ1) is 26.5. The molecule has 0 amide bonds. The zero-order valence-electron chi connectivity index (χ0n) is 20.8. The van der Waals surface area contributed by atoms with Gasteiger partial charge in [-0.25, -0.2) is 0 Å². The molecule has 1 unspecified atom stereocenters. The van der Waals surface area contributed by atoms with E-state index in [1.165, 1.54) is 5.57 Å². The van der Waals surface area contributed by atoms with E-state index in [0.29, 0.717) is 18.4 Å². The molecule has 0 aromatic carbocycles. The lowest BCUT2D eigenvalue weighted by Gasteiger charge is -2.60. The number of hydrogen-bond donors (Lipinski definition) is 6. The highest BCUT2D eigenvalue weighted by atomic mass is 16.7. The Morgan fingerprint density at radius 3 is 2.44 bits per heavy atom. The Bertz CT molecular complexity index is 757. The molecule has 0 aromatic heterocycles. The van der Waals surface area contributed by atoms with Gasteiger partial charge in [-0.2, -0.15) is 0 Å². The predicted octanol–water partition coefficient (Wildman–Crippen LogP) is 1.11. The minimum atomic E-state index is -1.44. The van der Waals surface area contributed by atoms with E-state index in [9.17, 15) is 30.6 Å². The molecule has 3 fully saturated rings. The van der Waals surface area contributed by atoms with Gasteiger partial charge in [0.2, 0.25) is 0 Å². The lowest BCUT2D eigenvalue weighted by molar-refractivity contribution is -0.309. The molecule has 3 aliphatic carbocycles. The van der Waals surface area contributed by atoms with Crippen LogP contribution in [0.1, 0.15) is 65.7 Å². The van der Waals surface area contributed by atoms with Gasteiger partial charge in [0.05, 0.1) is 25.9 Å². The average molecular weight is 485 g/mol. The molecule has 1 aliphatic heterocycles. The van der Waals surface area contributed by atoms with E-state index in [0.717, 1.165) is 44.9 Å². The quantitative estimate of drug-likeness (QED) is 0.308. The summed E-state index contributed by atoms with van der Waals surface area (Å²) in [6.07, 6.45) is 2.25. The highest BCUT2D eigenvalue weighted by Gasteiger charge is 2.57. The summed E-state index contributed by atoms with van der Waals surface area (Å²) in [5, 5.41) is 60.0. The Labute approximate surface area is 202 Å². The summed E-state index contributed by atoms with van der Waals surface area (Å²) < 4.78 is 11.7. The molecule has 2 saturated carbocycles. The fourth-order valence-electron chi connectivity index (χ4n) is 7.78. The molecule has 0 spiro atoms. The standard InChI is InChI=1S/C26H44O8/c1-24(19(29)13-28)10-7-16-15(11-24)5-6-18-25(2,8-4-9-26(16,18)3)14-33-23-22(32)21(31)20(30)17(12-27)34-23/h11,16-23,27-32H,4-10,12-14H2,1-3H3/t16-,17-,18-,19?,20-,21+,22-,23-,24+,25+,26+/m1/s1. The molecule has 0 bridgehead atoms.